The number of aryl methyl sites for hydroxylation is 1. The van der Waals surface area contributed by atoms with E-state index in [2.05, 4.69) is 26.8 Å². The van der Waals surface area contributed by atoms with E-state index in [9.17, 15) is 4.79 Å². The van der Waals surface area contributed by atoms with Crippen molar-refractivity contribution in [3.63, 3.8) is 0 Å². The van der Waals surface area contributed by atoms with Gasteiger partial charge in [0.2, 0.25) is 0 Å². The van der Waals surface area contributed by atoms with E-state index in [0.717, 1.165) is 28.6 Å². The number of carbonyl (C=O) groups is 1. The Morgan fingerprint density at radius 3 is 2.73 bits per heavy atom. The van der Waals surface area contributed by atoms with Gasteiger partial charge in [0.1, 0.15) is 9.71 Å². The summed E-state index contributed by atoms with van der Waals surface area (Å²) in [4.78, 5) is 21.3. The van der Waals surface area contributed by atoms with Gasteiger partial charge in [0, 0.05) is 24.7 Å². The Morgan fingerprint density at radius 1 is 1.30 bits per heavy atom. The molecule has 0 radical (unpaired) electrons. The summed E-state index contributed by atoms with van der Waals surface area (Å²) in [5.74, 6) is 0.620. The lowest BCUT2D eigenvalue weighted by Gasteiger charge is -2.36. The quantitative estimate of drug-likeness (QED) is 0.575. The van der Waals surface area contributed by atoms with E-state index in [1.165, 1.54) is 35.4 Å². The van der Waals surface area contributed by atoms with Gasteiger partial charge in [-0.05, 0) is 47.8 Å². The molecule has 0 saturated heterocycles. The fraction of sp³-hybridized carbons (Fsp3) is 0.440. The molecule has 2 N–H and O–H groups in total. The van der Waals surface area contributed by atoms with Crippen molar-refractivity contribution in [3.05, 3.63) is 58.1 Å². The highest BCUT2D eigenvalue weighted by atomic mass is 32.1. The number of nitrogen functional groups attached to an aromatic ring is 1. The topological polar surface area (TPSA) is 59.2 Å². The maximum Gasteiger partial charge on any atom is 0.266 e. The summed E-state index contributed by atoms with van der Waals surface area (Å²) in [7, 11) is 1.83. The van der Waals surface area contributed by atoms with Crippen LogP contribution >= 0.6 is 11.3 Å². The summed E-state index contributed by atoms with van der Waals surface area (Å²) < 4.78 is 0. The van der Waals surface area contributed by atoms with Gasteiger partial charge in [-0.1, -0.05) is 57.5 Å². The lowest BCUT2D eigenvalue weighted by atomic mass is 9.69. The first kappa shape index (κ1) is 20.9. The van der Waals surface area contributed by atoms with Crippen molar-refractivity contribution in [3.8, 4) is 0 Å². The predicted molar refractivity (Wildman–Crippen MR) is 126 cm³/mol. The molecule has 1 aliphatic carbocycles. The highest BCUT2D eigenvalue weighted by molar-refractivity contribution is 7.21. The Kier molecular flexibility index (Phi) is 5.58. The lowest BCUT2D eigenvalue weighted by molar-refractivity contribution is 0.0791. The third kappa shape index (κ3) is 3.83. The van der Waals surface area contributed by atoms with Crippen molar-refractivity contribution in [2.45, 2.75) is 53.0 Å². The number of rotatable bonds is 5. The second-order valence-corrected chi connectivity index (χ2v) is 10.2. The fourth-order valence-electron chi connectivity index (χ4n) is 4.41. The van der Waals surface area contributed by atoms with Crippen LogP contribution in [0.15, 0.2) is 36.4 Å². The second kappa shape index (κ2) is 8.03. The highest BCUT2D eigenvalue weighted by Gasteiger charge is 2.32. The number of amides is 1. The number of anilines is 1. The van der Waals surface area contributed by atoms with Gasteiger partial charge in [0.25, 0.3) is 5.91 Å². The number of hydrogen-bond acceptors (Lipinski definition) is 4. The van der Waals surface area contributed by atoms with Gasteiger partial charge in [-0.15, -0.1) is 11.3 Å². The van der Waals surface area contributed by atoms with Crippen molar-refractivity contribution in [1.29, 1.82) is 0 Å². The number of nitrogens with zero attached hydrogens (tertiary/aromatic N) is 2. The maximum atomic E-state index is 13.1. The monoisotopic (exact) mass is 421 g/mol. The number of benzene rings is 1. The van der Waals surface area contributed by atoms with Crippen LogP contribution in [-0.4, -0.2) is 22.8 Å². The van der Waals surface area contributed by atoms with E-state index in [1.807, 2.05) is 37.4 Å². The van der Waals surface area contributed by atoms with Crippen molar-refractivity contribution < 1.29 is 4.79 Å². The molecule has 1 unspecified atom stereocenters. The standard InChI is InChI=1S/C25H31N3OS/c1-5-25(2,3)18-11-12-20-17(13-18)14-19-21(26)22(30-23(19)27-20)24(29)28(4)15-16-9-7-6-8-10-16/h6-10,14,18H,5,11-13,15,26H2,1-4H3. The van der Waals surface area contributed by atoms with E-state index in [4.69, 9.17) is 10.7 Å². The Morgan fingerprint density at radius 2 is 2.03 bits per heavy atom. The molecule has 30 heavy (non-hydrogen) atoms. The molecule has 0 saturated carbocycles. The van der Waals surface area contributed by atoms with E-state index in [1.54, 1.807) is 4.90 Å². The van der Waals surface area contributed by atoms with Gasteiger partial charge < -0.3 is 10.6 Å². The second-order valence-electron chi connectivity index (χ2n) is 9.22. The third-order valence-electron chi connectivity index (χ3n) is 6.91. The van der Waals surface area contributed by atoms with Crippen LogP contribution in [-0.2, 0) is 19.4 Å². The predicted octanol–water partition coefficient (Wildman–Crippen LogP) is 5.69. The SMILES string of the molecule is CCC(C)(C)C1CCc2nc3sc(C(=O)N(C)Cc4ccccc4)c(N)c3cc2C1. The number of fused-ring (bicyclic) bond motifs is 2. The van der Waals surface area contributed by atoms with Gasteiger partial charge in [0.15, 0.2) is 0 Å². The van der Waals surface area contributed by atoms with Crippen molar-refractivity contribution in [2.24, 2.45) is 11.3 Å². The molecule has 1 aromatic carbocycles. The minimum atomic E-state index is -0.0395. The van der Waals surface area contributed by atoms with Crippen LogP contribution in [0.3, 0.4) is 0 Å². The van der Waals surface area contributed by atoms with E-state index in [0.29, 0.717) is 28.4 Å². The lowest BCUT2D eigenvalue weighted by Crippen LogP contribution is -2.29. The fourth-order valence-corrected chi connectivity index (χ4v) is 5.50. The average molecular weight is 422 g/mol. The van der Waals surface area contributed by atoms with Gasteiger partial charge in [-0.3, -0.25) is 4.79 Å². The van der Waals surface area contributed by atoms with E-state index < -0.39 is 0 Å². The molecule has 4 rings (SSSR count). The van der Waals surface area contributed by atoms with Crippen LogP contribution in [0.4, 0.5) is 5.69 Å². The molecule has 1 amide bonds. The maximum absolute atomic E-state index is 13.1. The summed E-state index contributed by atoms with van der Waals surface area (Å²) >= 11 is 1.43. The molecule has 1 aliphatic rings. The molecule has 2 aromatic heterocycles. The molecule has 158 valence electrons. The molecule has 0 spiro atoms. The molecule has 0 bridgehead atoms. The molecule has 3 aromatic rings. The van der Waals surface area contributed by atoms with Crippen LogP contribution in [0.1, 0.15) is 60.1 Å². The minimum absolute atomic E-state index is 0.0395. The molecular formula is C25H31N3OS. The van der Waals surface area contributed by atoms with Crippen LogP contribution in [0.25, 0.3) is 10.2 Å². The van der Waals surface area contributed by atoms with E-state index in [-0.39, 0.29) is 5.91 Å². The Labute approximate surface area is 183 Å². The molecule has 0 aliphatic heterocycles. The van der Waals surface area contributed by atoms with Gasteiger partial charge >= 0.3 is 0 Å². The van der Waals surface area contributed by atoms with Crippen LogP contribution in [0.2, 0.25) is 0 Å². The van der Waals surface area contributed by atoms with Gasteiger partial charge in [0.05, 0.1) is 5.69 Å². The summed E-state index contributed by atoms with van der Waals surface area (Å²) in [6.07, 6.45) is 4.41. The van der Waals surface area contributed by atoms with Crippen LogP contribution in [0.5, 0.6) is 0 Å². The first-order valence-corrected chi connectivity index (χ1v) is 11.6. The zero-order valence-corrected chi connectivity index (χ0v) is 19.2. The van der Waals surface area contributed by atoms with Gasteiger partial charge in [-0.2, -0.15) is 0 Å². The Hall–Kier alpha value is -2.40. The van der Waals surface area contributed by atoms with Gasteiger partial charge in [-0.25, -0.2) is 4.98 Å². The number of aromatic nitrogens is 1. The van der Waals surface area contributed by atoms with Crippen molar-refractivity contribution in [1.82, 2.24) is 9.88 Å². The zero-order valence-electron chi connectivity index (χ0n) is 18.4. The third-order valence-corrected chi connectivity index (χ3v) is 8.01. The first-order chi connectivity index (χ1) is 14.3. The molecule has 5 heteroatoms. The molecule has 2 heterocycles. The summed E-state index contributed by atoms with van der Waals surface area (Å²) in [5, 5.41) is 0.935. The summed E-state index contributed by atoms with van der Waals surface area (Å²) in [5.41, 5.74) is 11.0. The molecule has 4 nitrogen and oxygen atoms in total. The zero-order chi connectivity index (χ0) is 21.5. The smallest absolute Gasteiger partial charge is 0.266 e. The number of nitrogens with two attached hydrogens (primary N) is 1. The van der Waals surface area contributed by atoms with Crippen molar-refractivity contribution >= 4 is 33.1 Å². The van der Waals surface area contributed by atoms with Crippen LogP contribution < -0.4 is 5.73 Å². The highest BCUT2D eigenvalue weighted by Crippen LogP contribution is 2.42. The molecule has 1 atom stereocenters. The molecule has 0 fully saturated rings. The van der Waals surface area contributed by atoms with E-state index >= 15 is 0 Å². The van der Waals surface area contributed by atoms with Crippen molar-refractivity contribution in [2.75, 3.05) is 12.8 Å². The summed E-state index contributed by atoms with van der Waals surface area (Å²) in [6.45, 7) is 7.57. The Bertz CT molecular complexity index is 1070. The number of pyridine rings is 1. The molecular weight excluding hydrogens is 390 g/mol. The summed E-state index contributed by atoms with van der Waals surface area (Å²) in [6, 6.07) is 12.2. The first-order valence-electron chi connectivity index (χ1n) is 10.8. The average Bonchev–Trinajstić information content (AvgIpc) is 3.07. The number of carbonyl (C=O) groups excluding carboxylic acids is 1. The number of hydrogen-bond donors (Lipinski definition) is 1. The normalized spacial score (nSPS) is 16.5. The number of thiophene rings is 1. The largest absolute Gasteiger partial charge is 0.397 e. The minimum Gasteiger partial charge on any atom is -0.397 e. The van der Waals surface area contributed by atoms with Crippen LogP contribution in [0, 0.1) is 11.3 Å². The Balaban J connectivity index is 1.62.